The molecule has 11 heavy (non-hydrogen) atoms. The van der Waals surface area contributed by atoms with Crippen molar-refractivity contribution in [1.29, 1.82) is 0 Å². The Kier molecular flexibility index (Phi) is 1.62. The van der Waals surface area contributed by atoms with Crippen molar-refractivity contribution < 1.29 is 14.3 Å². The average molecular weight is 155 g/mol. The van der Waals surface area contributed by atoms with Gasteiger partial charge >= 0.3 is 0 Å². The molecule has 0 amide bonds. The van der Waals surface area contributed by atoms with E-state index in [0.717, 1.165) is 12.8 Å². The Bertz CT molecular complexity index is 158. The highest BCUT2D eigenvalue weighted by molar-refractivity contribution is 5.79. The van der Waals surface area contributed by atoms with Gasteiger partial charge in [-0.15, -0.1) is 0 Å². The molecule has 2 fully saturated rings. The number of Topliss-reactive ketones (excluding diaryl/α,β-unsaturated/α-hetero) is 1. The van der Waals surface area contributed by atoms with Crippen LogP contribution in [-0.2, 0) is 14.3 Å². The Morgan fingerprint density at radius 1 is 1.36 bits per heavy atom. The summed E-state index contributed by atoms with van der Waals surface area (Å²) in [6.07, 6.45) is 2.66. The fourth-order valence-electron chi connectivity index (χ4n) is 1.58. The van der Waals surface area contributed by atoms with Crippen LogP contribution in [0.2, 0.25) is 0 Å². The SMILES string of the molecule is O=C1CCC2(CC1)O[CH+]CO2. The molecule has 1 saturated carbocycles. The topological polar surface area (TPSA) is 35.5 Å². The van der Waals surface area contributed by atoms with E-state index in [-0.39, 0.29) is 0 Å². The largest absolute Gasteiger partial charge is 0.300 e. The first kappa shape index (κ1) is 7.13. The standard InChI is InChI=1S/C8H11O3/c9-7-1-3-8(4-2-7)10-5-6-11-8/h5H,1-4,6H2/q+1. The van der Waals surface area contributed by atoms with Crippen molar-refractivity contribution >= 4 is 5.78 Å². The van der Waals surface area contributed by atoms with Crippen LogP contribution in [0.5, 0.6) is 0 Å². The monoisotopic (exact) mass is 155 g/mol. The van der Waals surface area contributed by atoms with Gasteiger partial charge in [-0.3, -0.25) is 4.79 Å². The molecular weight excluding hydrogens is 144 g/mol. The van der Waals surface area contributed by atoms with E-state index in [9.17, 15) is 4.79 Å². The van der Waals surface area contributed by atoms with Crippen LogP contribution >= 0.6 is 0 Å². The molecule has 0 radical (unpaired) electrons. The zero-order chi connectivity index (χ0) is 7.73. The molecule has 60 valence electrons. The Balaban J connectivity index is 1.99. The number of ether oxygens (including phenoxy) is 2. The summed E-state index contributed by atoms with van der Waals surface area (Å²) in [7, 11) is 0. The lowest BCUT2D eigenvalue weighted by atomic mass is 9.93. The summed E-state index contributed by atoms with van der Waals surface area (Å²) in [4.78, 5) is 10.9. The molecule has 1 saturated heterocycles. The second-order valence-corrected chi connectivity index (χ2v) is 3.04. The fourth-order valence-corrected chi connectivity index (χ4v) is 1.58. The summed E-state index contributed by atoms with van der Waals surface area (Å²) in [5.41, 5.74) is 0. The summed E-state index contributed by atoms with van der Waals surface area (Å²) in [5.74, 6) is -0.0943. The Morgan fingerprint density at radius 2 is 2.09 bits per heavy atom. The number of rotatable bonds is 0. The number of hydrogen-bond acceptors (Lipinski definition) is 3. The molecule has 2 aliphatic rings. The molecule has 1 spiro atoms. The Hall–Kier alpha value is -0.540. The third kappa shape index (κ3) is 1.26. The van der Waals surface area contributed by atoms with Crippen molar-refractivity contribution in [2.24, 2.45) is 0 Å². The average Bonchev–Trinajstić information content (AvgIpc) is 2.45. The van der Waals surface area contributed by atoms with Crippen LogP contribution in [0.15, 0.2) is 0 Å². The molecule has 0 N–H and O–H groups in total. The molecule has 1 aliphatic carbocycles. The van der Waals surface area contributed by atoms with Gasteiger partial charge in [0.1, 0.15) is 5.78 Å². The third-order valence-corrected chi connectivity index (χ3v) is 2.28. The van der Waals surface area contributed by atoms with Crippen molar-refractivity contribution in [3.63, 3.8) is 0 Å². The van der Waals surface area contributed by atoms with Crippen molar-refractivity contribution in [2.75, 3.05) is 6.61 Å². The van der Waals surface area contributed by atoms with Crippen molar-refractivity contribution in [1.82, 2.24) is 0 Å². The lowest BCUT2D eigenvalue weighted by Crippen LogP contribution is -2.34. The zero-order valence-electron chi connectivity index (χ0n) is 6.34. The van der Waals surface area contributed by atoms with Crippen LogP contribution in [0.3, 0.4) is 0 Å². The van der Waals surface area contributed by atoms with Crippen LogP contribution in [0.4, 0.5) is 0 Å². The lowest BCUT2D eigenvalue weighted by molar-refractivity contribution is -0.174. The van der Waals surface area contributed by atoms with Crippen LogP contribution < -0.4 is 0 Å². The van der Waals surface area contributed by atoms with E-state index in [1.807, 2.05) is 0 Å². The maximum Gasteiger partial charge on any atom is 0.259 e. The summed E-state index contributed by atoms with van der Waals surface area (Å²) >= 11 is 0. The summed E-state index contributed by atoms with van der Waals surface area (Å²) in [5, 5.41) is 0. The van der Waals surface area contributed by atoms with Gasteiger partial charge in [0.15, 0.2) is 0 Å². The molecule has 0 aromatic heterocycles. The minimum absolute atomic E-state index is 0.328. The highest BCUT2D eigenvalue weighted by Gasteiger charge is 2.45. The smallest absolute Gasteiger partial charge is 0.259 e. The molecular formula is C8H11O3+. The third-order valence-electron chi connectivity index (χ3n) is 2.28. The van der Waals surface area contributed by atoms with Gasteiger partial charge in [-0.2, -0.15) is 4.74 Å². The van der Waals surface area contributed by atoms with E-state index < -0.39 is 5.79 Å². The van der Waals surface area contributed by atoms with Crippen LogP contribution in [0, 0.1) is 6.61 Å². The molecule has 1 heterocycles. The number of carbonyl (C=O) groups excluding carboxylic acids is 1. The van der Waals surface area contributed by atoms with E-state index >= 15 is 0 Å². The van der Waals surface area contributed by atoms with Gasteiger partial charge in [0.2, 0.25) is 12.4 Å². The summed E-state index contributed by atoms with van der Waals surface area (Å²) in [6, 6.07) is 0. The van der Waals surface area contributed by atoms with Gasteiger partial charge in [0, 0.05) is 25.7 Å². The molecule has 3 heteroatoms. The van der Waals surface area contributed by atoms with Crippen molar-refractivity contribution in [3.8, 4) is 0 Å². The Labute approximate surface area is 65.7 Å². The van der Waals surface area contributed by atoms with Gasteiger partial charge in [-0.25, -0.2) is 0 Å². The molecule has 2 rings (SSSR count). The maximum atomic E-state index is 10.9. The van der Waals surface area contributed by atoms with E-state index in [4.69, 9.17) is 9.47 Å². The molecule has 0 unspecified atom stereocenters. The molecule has 0 bridgehead atoms. The molecule has 0 aromatic rings. The minimum Gasteiger partial charge on any atom is -0.300 e. The molecule has 0 aromatic carbocycles. The zero-order valence-corrected chi connectivity index (χ0v) is 6.34. The van der Waals surface area contributed by atoms with Gasteiger partial charge in [-0.05, 0) is 0 Å². The van der Waals surface area contributed by atoms with E-state index in [1.165, 1.54) is 0 Å². The summed E-state index contributed by atoms with van der Waals surface area (Å²) < 4.78 is 10.7. The van der Waals surface area contributed by atoms with E-state index in [2.05, 4.69) is 0 Å². The van der Waals surface area contributed by atoms with Gasteiger partial charge in [-0.1, -0.05) is 0 Å². The quantitative estimate of drug-likeness (QED) is 0.490. The van der Waals surface area contributed by atoms with Crippen LogP contribution in [0.25, 0.3) is 0 Å². The molecule has 3 nitrogen and oxygen atoms in total. The molecule has 1 aliphatic heterocycles. The normalized spacial score (nSPS) is 28.9. The first-order valence-electron chi connectivity index (χ1n) is 3.96. The second kappa shape index (κ2) is 2.50. The predicted molar refractivity (Wildman–Crippen MR) is 37.5 cm³/mol. The Morgan fingerprint density at radius 3 is 2.64 bits per heavy atom. The van der Waals surface area contributed by atoms with Crippen LogP contribution in [0.1, 0.15) is 25.7 Å². The van der Waals surface area contributed by atoms with Crippen molar-refractivity contribution in [3.05, 3.63) is 6.61 Å². The van der Waals surface area contributed by atoms with Gasteiger partial charge in [0.05, 0.1) is 0 Å². The number of carbonyl (C=O) groups is 1. The first-order chi connectivity index (χ1) is 5.31. The van der Waals surface area contributed by atoms with Gasteiger partial charge in [0.25, 0.3) is 6.61 Å². The van der Waals surface area contributed by atoms with Gasteiger partial charge < -0.3 is 4.74 Å². The highest BCUT2D eigenvalue weighted by Crippen LogP contribution is 2.35. The van der Waals surface area contributed by atoms with Crippen molar-refractivity contribution in [2.45, 2.75) is 31.5 Å². The van der Waals surface area contributed by atoms with E-state index in [1.54, 1.807) is 6.61 Å². The lowest BCUT2D eigenvalue weighted by Gasteiger charge is -2.25. The second-order valence-electron chi connectivity index (χ2n) is 3.04. The number of ketones is 1. The highest BCUT2D eigenvalue weighted by atomic mass is 16.7. The fraction of sp³-hybridized carbons (Fsp3) is 0.750. The van der Waals surface area contributed by atoms with Crippen LogP contribution in [-0.4, -0.2) is 18.2 Å². The van der Waals surface area contributed by atoms with E-state index in [0.29, 0.717) is 25.2 Å². The predicted octanol–water partition coefficient (Wildman–Crippen LogP) is 1.03. The number of hydrogen-bond donors (Lipinski definition) is 0. The summed E-state index contributed by atoms with van der Waals surface area (Å²) in [6.45, 7) is 2.24. The molecule has 0 atom stereocenters. The first-order valence-corrected chi connectivity index (χ1v) is 3.96. The minimum atomic E-state index is -0.423. The maximum absolute atomic E-state index is 10.9.